The van der Waals surface area contributed by atoms with Gasteiger partial charge >= 0.3 is 18.4 Å². The number of hydrogen-bond acceptors (Lipinski definition) is 5. The van der Waals surface area contributed by atoms with Gasteiger partial charge in [-0.15, -0.1) is 0 Å². The van der Waals surface area contributed by atoms with Gasteiger partial charge in [0.25, 0.3) is 0 Å². The van der Waals surface area contributed by atoms with Crippen molar-refractivity contribution >= 4 is 12.1 Å². The number of carboxylic acids is 1. The Morgan fingerprint density at radius 2 is 1.96 bits per heavy atom. The molecule has 0 spiro atoms. The zero-order chi connectivity index (χ0) is 17.2. The van der Waals surface area contributed by atoms with Gasteiger partial charge < -0.3 is 24.6 Å². The molecule has 0 radical (unpaired) electrons. The summed E-state index contributed by atoms with van der Waals surface area (Å²) in [6, 6.07) is 5.03. The van der Waals surface area contributed by atoms with E-state index in [4.69, 9.17) is 19.3 Å². The lowest BCUT2D eigenvalue weighted by atomic mass is 10.1. The zero-order valence-electron chi connectivity index (χ0n) is 13.6. The third-order valence-electron chi connectivity index (χ3n) is 2.98. The van der Waals surface area contributed by atoms with Crippen LogP contribution in [0.15, 0.2) is 18.2 Å². The van der Waals surface area contributed by atoms with Gasteiger partial charge in [0.2, 0.25) is 0 Å². The number of rotatable bonds is 4. The van der Waals surface area contributed by atoms with E-state index in [0.717, 1.165) is 5.56 Å². The van der Waals surface area contributed by atoms with Crippen molar-refractivity contribution in [2.24, 2.45) is 0 Å². The highest BCUT2D eigenvalue weighted by Crippen LogP contribution is 2.35. The Balaban J connectivity index is 1.93. The summed E-state index contributed by atoms with van der Waals surface area (Å²) in [6.07, 6.45) is -1.23. The summed E-state index contributed by atoms with van der Waals surface area (Å²) in [5, 5.41) is 11.6. The van der Waals surface area contributed by atoms with Gasteiger partial charge in [-0.2, -0.15) is 0 Å². The zero-order valence-corrected chi connectivity index (χ0v) is 13.6. The lowest BCUT2D eigenvalue weighted by molar-refractivity contribution is -0.154. The van der Waals surface area contributed by atoms with E-state index in [9.17, 15) is 9.59 Å². The molecule has 2 atom stereocenters. The fourth-order valence-corrected chi connectivity index (χ4v) is 2.14. The topological polar surface area (TPSA) is 94.1 Å². The molecule has 0 saturated heterocycles. The van der Waals surface area contributed by atoms with E-state index in [-0.39, 0.29) is 6.04 Å². The van der Waals surface area contributed by atoms with Crippen molar-refractivity contribution in [2.45, 2.75) is 52.0 Å². The van der Waals surface area contributed by atoms with Crippen molar-refractivity contribution in [1.82, 2.24) is 5.32 Å². The molecule has 1 amide bonds. The minimum atomic E-state index is -1.31. The summed E-state index contributed by atoms with van der Waals surface area (Å²) in [5.74, 6) is -0.393. The number of aliphatic carboxylic acids is 1. The number of fused-ring (bicyclic) bond motifs is 1. The van der Waals surface area contributed by atoms with Crippen LogP contribution in [0.5, 0.6) is 11.5 Å². The molecule has 0 aliphatic carbocycles. The van der Waals surface area contributed by atoms with Crippen molar-refractivity contribution in [1.29, 1.82) is 0 Å². The molecule has 1 aliphatic rings. The van der Waals surface area contributed by atoms with E-state index in [0.29, 0.717) is 17.9 Å². The van der Waals surface area contributed by atoms with Crippen LogP contribution in [0.4, 0.5) is 4.79 Å². The van der Waals surface area contributed by atoms with E-state index in [1.54, 1.807) is 39.0 Å². The van der Waals surface area contributed by atoms with Crippen LogP contribution in [0.3, 0.4) is 0 Å². The maximum Gasteiger partial charge on any atom is 0.407 e. The fourth-order valence-electron chi connectivity index (χ4n) is 2.14. The molecule has 0 fully saturated rings. The van der Waals surface area contributed by atoms with E-state index >= 15 is 0 Å². The molecule has 2 N–H and O–H groups in total. The second-order valence-electron chi connectivity index (χ2n) is 6.44. The number of ether oxygens (including phenoxy) is 3. The summed E-state index contributed by atoms with van der Waals surface area (Å²) in [5.41, 5.74) is 0.343. The summed E-state index contributed by atoms with van der Waals surface area (Å²) >= 11 is 0. The van der Waals surface area contributed by atoms with Gasteiger partial charge in [0, 0.05) is 6.04 Å². The van der Waals surface area contributed by atoms with Gasteiger partial charge in [0.05, 0.1) is 0 Å². The Hall–Kier alpha value is -2.44. The first kappa shape index (κ1) is 16.9. The average molecular weight is 323 g/mol. The van der Waals surface area contributed by atoms with Crippen LogP contribution in [-0.2, 0) is 16.0 Å². The lowest BCUT2D eigenvalue weighted by Crippen LogP contribution is -2.38. The molecular weight excluding hydrogens is 302 g/mol. The first-order chi connectivity index (χ1) is 10.6. The maximum atomic E-state index is 11.7. The first-order valence-electron chi connectivity index (χ1n) is 7.32. The summed E-state index contributed by atoms with van der Waals surface area (Å²) in [4.78, 5) is 22.6. The van der Waals surface area contributed by atoms with Gasteiger partial charge in [0.15, 0.2) is 11.5 Å². The molecule has 23 heavy (non-hydrogen) atoms. The third kappa shape index (κ3) is 4.77. The highest BCUT2D eigenvalue weighted by molar-refractivity contribution is 5.73. The SMILES string of the molecule is CC(Cc1ccc2c(c1)OC(C(=O)O)O2)NC(=O)OC(C)(C)C. The predicted molar refractivity (Wildman–Crippen MR) is 81.7 cm³/mol. The van der Waals surface area contributed by atoms with Gasteiger partial charge in [0.1, 0.15) is 5.60 Å². The number of nitrogens with one attached hydrogen (secondary N) is 1. The van der Waals surface area contributed by atoms with Crippen LogP contribution < -0.4 is 14.8 Å². The van der Waals surface area contributed by atoms with E-state index < -0.39 is 24.0 Å². The van der Waals surface area contributed by atoms with Crippen molar-refractivity contribution < 1.29 is 28.9 Å². The van der Waals surface area contributed by atoms with Crippen LogP contribution in [0.1, 0.15) is 33.3 Å². The monoisotopic (exact) mass is 323 g/mol. The van der Waals surface area contributed by atoms with Crippen molar-refractivity contribution in [3.63, 3.8) is 0 Å². The number of carbonyl (C=O) groups excluding carboxylic acids is 1. The molecule has 0 aromatic heterocycles. The highest BCUT2D eigenvalue weighted by atomic mass is 16.7. The third-order valence-corrected chi connectivity index (χ3v) is 2.98. The summed E-state index contributed by atoms with van der Waals surface area (Å²) in [6.45, 7) is 7.25. The quantitative estimate of drug-likeness (QED) is 0.883. The number of carboxylic acid groups (broad SMARTS) is 1. The van der Waals surface area contributed by atoms with Gasteiger partial charge in [-0.1, -0.05) is 6.07 Å². The highest BCUT2D eigenvalue weighted by Gasteiger charge is 2.30. The van der Waals surface area contributed by atoms with Crippen LogP contribution in [-0.4, -0.2) is 35.1 Å². The van der Waals surface area contributed by atoms with Crippen molar-refractivity contribution in [2.75, 3.05) is 0 Å². The second-order valence-corrected chi connectivity index (χ2v) is 6.44. The Morgan fingerprint density at radius 3 is 2.57 bits per heavy atom. The van der Waals surface area contributed by atoms with Gasteiger partial charge in [-0.05, 0) is 51.8 Å². The minimum absolute atomic E-state index is 0.152. The Bertz CT molecular complexity index is 607. The van der Waals surface area contributed by atoms with Gasteiger partial charge in [-0.3, -0.25) is 0 Å². The Kier molecular flexibility index (Phi) is 4.68. The molecule has 1 aromatic carbocycles. The standard InChI is InChI=1S/C16H21NO6/c1-9(17-15(20)23-16(2,3)4)7-10-5-6-11-12(8-10)22-14(21-11)13(18)19/h5-6,8-9,14H,7H2,1-4H3,(H,17,20)(H,18,19). The fraction of sp³-hybridized carbons (Fsp3) is 0.500. The van der Waals surface area contributed by atoms with Crippen LogP contribution >= 0.6 is 0 Å². The Morgan fingerprint density at radius 1 is 1.30 bits per heavy atom. The number of hydrogen-bond donors (Lipinski definition) is 2. The molecule has 0 bridgehead atoms. The molecule has 2 rings (SSSR count). The van der Waals surface area contributed by atoms with Crippen LogP contribution in [0, 0.1) is 0 Å². The van der Waals surface area contributed by atoms with Crippen LogP contribution in [0.25, 0.3) is 0 Å². The predicted octanol–water partition coefficient (Wildman–Crippen LogP) is 2.32. The van der Waals surface area contributed by atoms with Gasteiger partial charge in [-0.25, -0.2) is 9.59 Å². The summed E-state index contributed by atoms with van der Waals surface area (Å²) in [7, 11) is 0. The average Bonchev–Trinajstić information content (AvgIpc) is 2.79. The van der Waals surface area contributed by atoms with Crippen molar-refractivity contribution in [3.05, 3.63) is 23.8 Å². The maximum absolute atomic E-state index is 11.7. The molecular formula is C16H21NO6. The molecule has 1 aliphatic heterocycles. The number of carbonyl (C=O) groups is 2. The molecule has 126 valence electrons. The normalized spacial score (nSPS) is 17.5. The molecule has 0 saturated carbocycles. The smallest absolute Gasteiger partial charge is 0.407 e. The summed E-state index contributed by atoms with van der Waals surface area (Å²) < 4.78 is 15.5. The second kappa shape index (κ2) is 6.36. The molecule has 2 unspecified atom stereocenters. The Labute approximate surface area is 134 Å². The van der Waals surface area contributed by atoms with E-state index in [2.05, 4.69) is 5.32 Å². The van der Waals surface area contributed by atoms with E-state index in [1.165, 1.54) is 0 Å². The number of amides is 1. The van der Waals surface area contributed by atoms with Crippen LogP contribution in [0.2, 0.25) is 0 Å². The molecule has 1 aromatic rings. The lowest BCUT2D eigenvalue weighted by Gasteiger charge is -2.22. The molecule has 7 heteroatoms. The van der Waals surface area contributed by atoms with E-state index in [1.807, 2.05) is 6.92 Å². The first-order valence-corrected chi connectivity index (χ1v) is 7.32. The molecule has 1 heterocycles. The largest absolute Gasteiger partial charge is 0.476 e. The number of benzene rings is 1. The minimum Gasteiger partial charge on any atom is -0.476 e. The number of alkyl carbamates (subject to hydrolysis) is 1. The van der Waals surface area contributed by atoms with Crippen molar-refractivity contribution in [3.8, 4) is 11.5 Å². The molecule has 7 nitrogen and oxygen atoms in total.